The van der Waals surface area contributed by atoms with Crippen LogP contribution >= 0.6 is 0 Å². The van der Waals surface area contributed by atoms with Crippen LogP contribution in [0.4, 0.5) is 5.82 Å². The van der Waals surface area contributed by atoms with E-state index in [4.69, 9.17) is 15.8 Å². The molecule has 0 radical (unpaired) electrons. The molecule has 1 aromatic heterocycles. The fraction of sp³-hybridized carbons (Fsp3) is 0.667. The van der Waals surface area contributed by atoms with E-state index < -0.39 is 0 Å². The van der Waals surface area contributed by atoms with Gasteiger partial charge in [-0.25, -0.2) is 4.98 Å². The number of piperidine rings is 1. The second-order valence-corrected chi connectivity index (χ2v) is 5.55. The molecule has 1 unspecified atom stereocenters. The molecule has 106 valence electrons. The van der Waals surface area contributed by atoms with E-state index >= 15 is 0 Å². The molecule has 2 heterocycles. The van der Waals surface area contributed by atoms with Crippen molar-refractivity contribution in [2.45, 2.75) is 39.7 Å². The van der Waals surface area contributed by atoms with Gasteiger partial charge >= 0.3 is 0 Å². The van der Waals surface area contributed by atoms with E-state index in [1.54, 1.807) is 0 Å². The average molecular weight is 263 g/mol. The second-order valence-electron chi connectivity index (χ2n) is 5.55. The molecule has 4 nitrogen and oxygen atoms in total. The lowest BCUT2D eigenvalue weighted by Gasteiger charge is -2.35. The standard InChI is InChI=1S/C15H25N3O/c1-11-8-12(2)17-15(14(11)9-16)18-6-3-4-13(10-18)5-7-19/h8,13,19H,3-7,9-10,16H2,1-2H3. The predicted octanol–water partition coefficient (Wildman–Crippen LogP) is 1.76. The third kappa shape index (κ3) is 3.25. The molecule has 1 aromatic rings. The van der Waals surface area contributed by atoms with E-state index in [0.717, 1.165) is 36.6 Å². The predicted molar refractivity (Wildman–Crippen MR) is 78.2 cm³/mol. The van der Waals surface area contributed by atoms with E-state index in [1.807, 2.05) is 6.92 Å². The fourth-order valence-corrected chi connectivity index (χ4v) is 3.03. The van der Waals surface area contributed by atoms with Gasteiger partial charge in [-0.3, -0.25) is 0 Å². The maximum absolute atomic E-state index is 9.11. The molecule has 0 spiro atoms. The van der Waals surface area contributed by atoms with E-state index in [-0.39, 0.29) is 6.61 Å². The van der Waals surface area contributed by atoms with Crippen LogP contribution in [-0.4, -0.2) is 29.8 Å². The summed E-state index contributed by atoms with van der Waals surface area (Å²) in [6.07, 6.45) is 3.27. The van der Waals surface area contributed by atoms with E-state index in [2.05, 4.69) is 17.9 Å². The van der Waals surface area contributed by atoms with Crippen LogP contribution in [0.25, 0.3) is 0 Å². The Morgan fingerprint density at radius 3 is 2.95 bits per heavy atom. The maximum Gasteiger partial charge on any atom is 0.133 e. The third-order valence-electron chi connectivity index (χ3n) is 4.01. The lowest BCUT2D eigenvalue weighted by Crippen LogP contribution is -2.37. The summed E-state index contributed by atoms with van der Waals surface area (Å²) in [5, 5.41) is 9.11. The Labute approximate surface area is 115 Å². The number of aliphatic hydroxyl groups excluding tert-OH is 1. The largest absolute Gasteiger partial charge is 0.396 e. The number of aliphatic hydroxyl groups is 1. The zero-order valence-electron chi connectivity index (χ0n) is 12.0. The van der Waals surface area contributed by atoms with Gasteiger partial charge in [-0.15, -0.1) is 0 Å². The Balaban J connectivity index is 2.25. The molecule has 0 aliphatic carbocycles. The number of aromatic nitrogens is 1. The average Bonchev–Trinajstić information content (AvgIpc) is 2.38. The van der Waals surface area contributed by atoms with Gasteiger partial charge in [0.2, 0.25) is 0 Å². The Hall–Kier alpha value is -1.13. The molecular weight excluding hydrogens is 238 g/mol. The van der Waals surface area contributed by atoms with Crippen molar-refractivity contribution in [2.75, 3.05) is 24.6 Å². The fourth-order valence-electron chi connectivity index (χ4n) is 3.03. The maximum atomic E-state index is 9.11. The molecule has 1 saturated heterocycles. The Kier molecular flexibility index (Phi) is 4.77. The highest BCUT2D eigenvalue weighted by molar-refractivity contribution is 5.52. The summed E-state index contributed by atoms with van der Waals surface area (Å²) in [5.74, 6) is 1.63. The van der Waals surface area contributed by atoms with Gasteiger partial charge in [0, 0.05) is 37.5 Å². The number of hydrogen-bond donors (Lipinski definition) is 2. The topological polar surface area (TPSA) is 62.4 Å². The van der Waals surface area contributed by atoms with Crippen molar-refractivity contribution in [3.8, 4) is 0 Å². The lowest BCUT2D eigenvalue weighted by atomic mass is 9.94. The smallest absolute Gasteiger partial charge is 0.133 e. The van der Waals surface area contributed by atoms with Crippen LogP contribution in [0.1, 0.15) is 36.1 Å². The Bertz CT molecular complexity index is 432. The Morgan fingerprint density at radius 2 is 2.26 bits per heavy atom. The first-order valence-corrected chi connectivity index (χ1v) is 7.18. The number of nitrogens with two attached hydrogens (primary N) is 1. The number of anilines is 1. The first kappa shape index (κ1) is 14.3. The van der Waals surface area contributed by atoms with Gasteiger partial charge in [0.1, 0.15) is 5.82 Å². The summed E-state index contributed by atoms with van der Waals surface area (Å²) in [7, 11) is 0. The summed E-state index contributed by atoms with van der Waals surface area (Å²) in [6.45, 7) is 6.99. The van der Waals surface area contributed by atoms with Crippen LogP contribution < -0.4 is 10.6 Å². The summed E-state index contributed by atoms with van der Waals surface area (Å²) in [4.78, 5) is 7.06. The number of nitrogens with zero attached hydrogens (tertiary/aromatic N) is 2. The van der Waals surface area contributed by atoms with E-state index in [9.17, 15) is 0 Å². The van der Waals surface area contributed by atoms with Crippen molar-refractivity contribution in [3.05, 3.63) is 22.9 Å². The van der Waals surface area contributed by atoms with Crippen LogP contribution in [0.5, 0.6) is 0 Å². The number of aryl methyl sites for hydroxylation is 2. The van der Waals surface area contributed by atoms with Gasteiger partial charge in [0.25, 0.3) is 0 Å². The summed E-state index contributed by atoms with van der Waals surface area (Å²) in [5.41, 5.74) is 9.34. The third-order valence-corrected chi connectivity index (χ3v) is 4.01. The second kappa shape index (κ2) is 6.35. The van der Waals surface area contributed by atoms with Crippen molar-refractivity contribution in [3.63, 3.8) is 0 Å². The minimum absolute atomic E-state index is 0.280. The van der Waals surface area contributed by atoms with Gasteiger partial charge in [-0.05, 0) is 50.7 Å². The first-order valence-electron chi connectivity index (χ1n) is 7.18. The number of rotatable bonds is 4. The summed E-state index contributed by atoms with van der Waals surface area (Å²) < 4.78 is 0. The van der Waals surface area contributed by atoms with Gasteiger partial charge < -0.3 is 15.7 Å². The molecule has 1 fully saturated rings. The van der Waals surface area contributed by atoms with Crippen molar-refractivity contribution in [1.29, 1.82) is 0 Å². The van der Waals surface area contributed by atoms with Gasteiger partial charge in [0.15, 0.2) is 0 Å². The SMILES string of the molecule is Cc1cc(C)c(CN)c(N2CCCC(CCO)C2)n1. The van der Waals surface area contributed by atoms with Crippen molar-refractivity contribution in [2.24, 2.45) is 11.7 Å². The van der Waals surface area contributed by atoms with E-state index in [0.29, 0.717) is 12.5 Å². The zero-order valence-corrected chi connectivity index (χ0v) is 12.0. The molecule has 3 N–H and O–H groups in total. The highest BCUT2D eigenvalue weighted by Crippen LogP contribution is 2.28. The number of hydrogen-bond acceptors (Lipinski definition) is 4. The summed E-state index contributed by atoms with van der Waals surface area (Å²) >= 11 is 0. The van der Waals surface area contributed by atoms with E-state index in [1.165, 1.54) is 18.4 Å². The van der Waals surface area contributed by atoms with Crippen molar-refractivity contribution in [1.82, 2.24) is 4.98 Å². The van der Waals surface area contributed by atoms with Crippen molar-refractivity contribution < 1.29 is 5.11 Å². The lowest BCUT2D eigenvalue weighted by molar-refractivity contribution is 0.244. The number of pyridine rings is 1. The van der Waals surface area contributed by atoms with Crippen LogP contribution in [0, 0.1) is 19.8 Å². The minimum Gasteiger partial charge on any atom is -0.396 e. The molecule has 19 heavy (non-hydrogen) atoms. The summed E-state index contributed by atoms with van der Waals surface area (Å²) in [6, 6.07) is 2.10. The molecule has 1 atom stereocenters. The van der Waals surface area contributed by atoms with Crippen LogP contribution in [-0.2, 0) is 6.54 Å². The monoisotopic (exact) mass is 263 g/mol. The van der Waals surface area contributed by atoms with Crippen LogP contribution in [0.15, 0.2) is 6.07 Å². The molecule has 0 bridgehead atoms. The normalized spacial score (nSPS) is 19.8. The molecular formula is C15H25N3O. The molecule has 0 saturated carbocycles. The molecule has 0 aromatic carbocycles. The van der Waals surface area contributed by atoms with Gasteiger partial charge in [-0.1, -0.05) is 0 Å². The quantitative estimate of drug-likeness (QED) is 0.869. The first-order chi connectivity index (χ1) is 9.15. The molecule has 1 aliphatic heterocycles. The molecule has 2 rings (SSSR count). The zero-order chi connectivity index (χ0) is 13.8. The minimum atomic E-state index is 0.280. The van der Waals surface area contributed by atoms with Crippen LogP contribution in [0.3, 0.4) is 0 Å². The van der Waals surface area contributed by atoms with Gasteiger partial charge in [-0.2, -0.15) is 0 Å². The van der Waals surface area contributed by atoms with Crippen molar-refractivity contribution >= 4 is 5.82 Å². The molecule has 4 heteroatoms. The Morgan fingerprint density at radius 1 is 1.47 bits per heavy atom. The molecule has 0 amide bonds. The van der Waals surface area contributed by atoms with Gasteiger partial charge in [0.05, 0.1) is 0 Å². The molecule has 1 aliphatic rings. The highest BCUT2D eigenvalue weighted by Gasteiger charge is 2.23. The highest BCUT2D eigenvalue weighted by atomic mass is 16.3. The van der Waals surface area contributed by atoms with Crippen LogP contribution in [0.2, 0.25) is 0 Å².